The van der Waals surface area contributed by atoms with E-state index < -0.39 is 16.8 Å². The highest BCUT2D eigenvalue weighted by atomic mass is 79.9. The van der Waals surface area contributed by atoms with Crippen molar-refractivity contribution in [3.63, 3.8) is 0 Å². The molecule has 0 amide bonds. The van der Waals surface area contributed by atoms with Crippen LogP contribution < -0.4 is 0 Å². The molecule has 0 aromatic heterocycles. The number of carbonyl (C=O) groups excluding carboxylic acids is 1. The number of esters is 1. The fraction of sp³-hybridized carbons (Fsp3) is 0.545. The van der Waals surface area contributed by atoms with Gasteiger partial charge >= 0.3 is 5.97 Å². The molecule has 3 atom stereocenters. The Balaban J connectivity index is 2.36. The summed E-state index contributed by atoms with van der Waals surface area (Å²) in [7, 11) is 1.50. The second-order valence-corrected chi connectivity index (χ2v) is 5.10. The van der Waals surface area contributed by atoms with Gasteiger partial charge in [-0.1, -0.05) is 15.9 Å². The second kappa shape index (κ2) is 5.09. The first-order valence-electron chi connectivity index (χ1n) is 5.47. The molecule has 1 heterocycles. The van der Waals surface area contributed by atoms with E-state index in [0.717, 1.165) is 0 Å². The van der Waals surface area contributed by atoms with Gasteiger partial charge in [0.1, 0.15) is 5.76 Å². The molecule has 0 saturated carbocycles. The summed E-state index contributed by atoms with van der Waals surface area (Å²) in [4.78, 5) is 21.9. The number of methoxy groups -OCH3 is 1. The zero-order valence-corrected chi connectivity index (χ0v) is 11.3. The number of carbonyl (C=O) groups is 1. The third kappa shape index (κ3) is 2.14. The predicted molar refractivity (Wildman–Crippen MR) is 65.4 cm³/mol. The number of hydrogen-bond acceptors (Lipinski definition) is 5. The number of hydrogen-bond donors (Lipinski definition) is 0. The van der Waals surface area contributed by atoms with E-state index in [1.807, 2.05) is 0 Å². The van der Waals surface area contributed by atoms with Crippen molar-refractivity contribution in [2.75, 3.05) is 13.7 Å². The van der Waals surface area contributed by atoms with Crippen LogP contribution in [0.5, 0.6) is 0 Å². The zero-order chi connectivity index (χ0) is 13.3. The van der Waals surface area contributed by atoms with E-state index in [1.165, 1.54) is 13.2 Å². The van der Waals surface area contributed by atoms with Gasteiger partial charge in [-0.3, -0.25) is 14.9 Å². The summed E-state index contributed by atoms with van der Waals surface area (Å²) in [6.45, 7) is 0.316. The Bertz CT molecular complexity index is 445. The van der Waals surface area contributed by atoms with Gasteiger partial charge in [-0.05, 0) is 12.5 Å². The lowest BCUT2D eigenvalue weighted by Crippen LogP contribution is -2.34. The van der Waals surface area contributed by atoms with E-state index in [-0.39, 0.29) is 16.5 Å². The van der Waals surface area contributed by atoms with Crippen LogP contribution in [-0.2, 0) is 14.3 Å². The summed E-state index contributed by atoms with van der Waals surface area (Å²) in [6, 6.07) is 0. The maximum absolute atomic E-state index is 11.6. The van der Waals surface area contributed by atoms with E-state index in [1.54, 1.807) is 6.08 Å². The molecule has 0 aromatic carbocycles. The van der Waals surface area contributed by atoms with Crippen molar-refractivity contribution in [2.24, 2.45) is 11.8 Å². The molecule has 0 aromatic rings. The van der Waals surface area contributed by atoms with E-state index in [0.29, 0.717) is 18.8 Å². The van der Waals surface area contributed by atoms with Gasteiger partial charge in [0.05, 0.1) is 35.3 Å². The summed E-state index contributed by atoms with van der Waals surface area (Å²) in [5.41, 5.74) is 0.0153. The third-order valence-corrected chi connectivity index (χ3v) is 4.22. The average molecular weight is 318 g/mol. The molecule has 0 bridgehead atoms. The van der Waals surface area contributed by atoms with Gasteiger partial charge in [0.25, 0.3) is 5.70 Å². The standard InChI is InChI=1S/C11H12BrNO5/c1-17-8-3-2-7(13(15)16)9(10(8)12)6-4-5-18-11(6)14/h2-3,6,9-10H,4-5H2,1H3. The molecular formula is C11H12BrNO5. The Morgan fingerprint density at radius 3 is 2.78 bits per heavy atom. The number of nitro groups is 1. The summed E-state index contributed by atoms with van der Waals surface area (Å²) in [5.74, 6) is -0.861. The van der Waals surface area contributed by atoms with Crippen molar-refractivity contribution < 1.29 is 19.2 Å². The Labute approximate surface area is 112 Å². The van der Waals surface area contributed by atoms with Gasteiger partial charge in [-0.25, -0.2) is 0 Å². The Morgan fingerprint density at radius 1 is 1.56 bits per heavy atom. The number of ether oxygens (including phenoxy) is 2. The SMILES string of the molecule is COC1=CC=C([N+](=O)[O-])C(C2CCOC2=O)C1Br. The average Bonchev–Trinajstić information content (AvgIpc) is 2.74. The number of cyclic esters (lactones) is 1. The minimum atomic E-state index is -0.560. The van der Waals surface area contributed by atoms with E-state index >= 15 is 0 Å². The molecule has 3 unspecified atom stereocenters. The van der Waals surface area contributed by atoms with Crippen LogP contribution in [0.25, 0.3) is 0 Å². The van der Waals surface area contributed by atoms with Crippen LogP contribution in [0.2, 0.25) is 0 Å². The molecule has 18 heavy (non-hydrogen) atoms. The fourth-order valence-corrected chi connectivity index (χ4v) is 3.29. The molecule has 2 rings (SSSR count). The zero-order valence-electron chi connectivity index (χ0n) is 9.67. The Morgan fingerprint density at radius 2 is 2.28 bits per heavy atom. The van der Waals surface area contributed by atoms with Crippen LogP contribution in [0.4, 0.5) is 0 Å². The first-order valence-corrected chi connectivity index (χ1v) is 6.38. The van der Waals surface area contributed by atoms with Gasteiger partial charge < -0.3 is 9.47 Å². The summed E-state index contributed by atoms with van der Waals surface area (Å²) in [6.07, 6.45) is 3.44. The van der Waals surface area contributed by atoms with Crippen LogP contribution in [0, 0.1) is 22.0 Å². The highest BCUT2D eigenvalue weighted by Gasteiger charge is 2.47. The summed E-state index contributed by atoms with van der Waals surface area (Å²) in [5, 5.41) is 11.1. The molecular weight excluding hydrogens is 306 g/mol. The Hall–Kier alpha value is -1.37. The van der Waals surface area contributed by atoms with Gasteiger partial charge in [0.15, 0.2) is 0 Å². The lowest BCUT2D eigenvalue weighted by Gasteiger charge is -2.27. The minimum absolute atomic E-state index is 0.0153. The van der Waals surface area contributed by atoms with Crippen LogP contribution in [0.1, 0.15) is 6.42 Å². The highest BCUT2D eigenvalue weighted by Crippen LogP contribution is 2.40. The van der Waals surface area contributed by atoms with E-state index in [2.05, 4.69) is 15.9 Å². The molecule has 98 valence electrons. The number of allylic oxidation sites excluding steroid dienone is 4. The smallest absolute Gasteiger partial charge is 0.309 e. The molecule has 1 fully saturated rings. The fourth-order valence-electron chi connectivity index (χ4n) is 2.31. The predicted octanol–water partition coefficient (Wildman–Crippen LogP) is 1.63. The lowest BCUT2D eigenvalue weighted by molar-refractivity contribution is -0.435. The molecule has 6 nitrogen and oxygen atoms in total. The number of rotatable bonds is 3. The molecule has 2 aliphatic rings. The van der Waals surface area contributed by atoms with Crippen molar-refractivity contribution in [1.82, 2.24) is 0 Å². The second-order valence-electron chi connectivity index (χ2n) is 4.11. The highest BCUT2D eigenvalue weighted by molar-refractivity contribution is 9.09. The van der Waals surface area contributed by atoms with Gasteiger partial charge in [-0.15, -0.1) is 0 Å². The lowest BCUT2D eigenvalue weighted by atomic mass is 9.82. The number of halogens is 1. The van der Waals surface area contributed by atoms with Crippen molar-refractivity contribution in [3.8, 4) is 0 Å². The molecule has 0 radical (unpaired) electrons. The molecule has 1 aliphatic carbocycles. The van der Waals surface area contributed by atoms with Crippen molar-refractivity contribution >= 4 is 21.9 Å². The third-order valence-electron chi connectivity index (χ3n) is 3.20. The Kier molecular flexibility index (Phi) is 3.70. The number of nitrogens with zero attached hydrogens (tertiary/aromatic N) is 1. The van der Waals surface area contributed by atoms with E-state index in [4.69, 9.17) is 9.47 Å². The first-order chi connectivity index (χ1) is 8.56. The summed E-state index contributed by atoms with van der Waals surface area (Å²) < 4.78 is 10.0. The summed E-state index contributed by atoms with van der Waals surface area (Å²) >= 11 is 3.38. The van der Waals surface area contributed by atoms with Crippen LogP contribution >= 0.6 is 15.9 Å². The largest absolute Gasteiger partial charge is 0.500 e. The van der Waals surface area contributed by atoms with E-state index in [9.17, 15) is 14.9 Å². The van der Waals surface area contributed by atoms with Gasteiger partial charge in [0, 0.05) is 6.08 Å². The maximum atomic E-state index is 11.6. The van der Waals surface area contributed by atoms with Crippen molar-refractivity contribution in [2.45, 2.75) is 11.2 Å². The molecule has 0 N–H and O–H groups in total. The molecule has 1 aliphatic heterocycles. The van der Waals surface area contributed by atoms with Crippen molar-refractivity contribution in [1.29, 1.82) is 0 Å². The van der Waals surface area contributed by atoms with Crippen LogP contribution in [0.15, 0.2) is 23.6 Å². The quantitative estimate of drug-likeness (QED) is 0.342. The topological polar surface area (TPSA) is 78.7 Å². The van der Waals surface area contributed by atoms with Crippen LogP contribution in [-0.4, -0.2) is 29.4 Å². The first kappa shape index (κ1) is 13.1. The monoisotopic (exact) mass is 317 g/mol. The normalized spacial score (nSPS) is 31.4. The molecule has 7 heteroatoms. The maximum Gasteiger partial charge on any atom is 0.309 e. The minimum Gasteiger partial charge on any atom is -0.500 e. The van der Waals surface area contributed by atoms with Crippen molar-refractivity contribution in [3.05, 3.63) is 33.7 Å². The van der Waals surface area contributed by atoms with Gasteiger partial charge in [0.2, 0.25) is 0 Å². The number of alkyl halides is 1. The molecule has 0 spiro atoms. The molecule has 1 saturated heterocycles. The van der Waals surface area contributed by atoms with Gasteiger partial charge in [-0.2, -0.15) is 0 Å². The van der Waals surface area contributed by atoms with Crippen LogP contribution in [0.3, 0.4) is 0 Å².